The molecule has 3 rings (SSSR count). The van der Waals surface area contributed by atoms with Gasteiger partial charge in [0.1, 0.15) is 18.1 Å². The number of amides is 1. The Kier molecular flexibility index (Phi) is 5.89. The number of halogens is 1. The van der Waals surface area contributed by atoms with Gasteiger partial charge in [-0.1, -0.05) is 11.3 Å². The van der Waals surface area contributed by atoms with Crippen LogP contribution in [0.5, 0.6) is 5.75 Å². The molecule has 0 fully saturated rings. The van der Waals surface area contributed by atoms with Gasteiger partial charge in [-0.15, -0.1) is 0 Å². The van der Waals surface area contributed by atoms with Crippen LogP contribution in [-0.2, 0) is 20.9 Å². The molecule has 6 nitrogen and oxygen atoms in total. The number of hydrogen-bond acceptors (Lipinski definition) is 5. The molecule has 0 aliphatic carbocycles. The number of methoxy groups -OCH3 is 1. The molecule has 0 spiro atoms. The van der Waals surface area contributed by atoms with Gasteiger partial charge in [-0.3, -0.25) is 9.59 Å². The second-order valence-corrected chi connectivity index (χ2v) is 7.21. The first-order valence-electron chi connectivity index (χ1n) is 8.50. The highest BCUT2D eigenvalue weighted by Crippen LogP contribution is 2.22. The number of fused-ring (bicyclic) bond motifs is 1. The molecular weight excluding hydrogens is 383 g/mol. The molecular formula is C20H19FN2O4S. The summed E-state index contributed by atoms with van der Waals surface area (Å²) < 4.78 is 25.6. The Morgan fingerprint density at radius 2 is 1.82 bits per heavy atom. The SMILES string of the molecule is COC(=O)Cn1c(=NC(=O)COc2ccc(F)cc2)sc2cc(C)c(C)cc21. The number of hydrogen-bond donors (Lipinski definition) is 0. The summed E-state index contributed by atoms with van der Waals surface area (Å²) in [5.74, 6) is -0.963. The monoisotopic (exact) mass is 402 g/mol. The molecule has 0 aliphatic heterocycles. The minimum absolute atomic E-state index is 0.0517. The lowest BCUT2D eigenvalue weighted by Crippen LogP contribution is -2.23. The maximum atomic E-state index is 12.9. The summed E-state index contributed by atoms with van der Waals surface area (Å²) in [6.07, 6.45) is 0. The Labute approximate surface area is 164 Å². The van der Waals surface area contributed by atoms with Gasteiger partial charge in [-0.2, -0.15) is 4.99 Å². The lowest BCUT2D eigenvalue weighted by atomic mass is 10.1. The average Bonchev–Trinajstić information content (AvgIpc) is 2.97. The van der Waals surface area contributed by atoms with Crippen molar-refractivity contribution >= 4 is 33.4 Å². The van der Waals surface area contributed by atoms with E-state index in [0.717, 1.165) is 21.3 Å². The van der Waals surface area contributed by atoms with Crippen LogP contribution >= 0.6 is 11.3 Å². The highest BCUT2D eigenvalue weighted by atomic mass is 32.1. The highest BCUT2D eigenvalue weighted by Gasteiger charge is 2.13. The summed E-state index contributed by atoms with van der Waals surface area (Å²) in [5.41, 5.74) is 2.99. The molecule has 28 heavy (non-hydrogen) atoms. The normalized spacial score (nSPS) is 11.6. The van der Waals surface area contributed by atoms with Crippen molar-refractivity contribution in [2.75, 3.05) is 13.7 Å². The molecule has 1 heterocycles. The summed E-state index contributed by atoms with van der Waals surface area (Å²) in [4.78, 5) is 28.6. The number of aromatic nitrogens is 1. The van der Waals surface area contributed by atoms with Crippen molar-refractivity contribution in [2.24, 2.45) is 4.99 Å². The van der Waals surface area contributed by atoms with E-state index in [0.29, 0.717) is 10.6 Å². The molecule has 2 aromatic carbocycles. The number of rotatable bonds is 5. The van der Waals surface area contributed by atoms with Gasteiger partial charge >= 0.3 is 5.97 Å². The lowest BCUT2D eigenvalue weighted by Gasteiger charge is -2.06. The van der Waals surface area contributed by atoms with Gasteiger partial charge in [0.2, 0.25) is 0 Å². The number of benzene rings is 2. The second kappa shape index (κ2) is 8.35. The fourth-order valence-corrected chi connectivity index (χ4v) is 3.69. The lowest BCUT2D eigenvalue weighted by molar-refractivity contribution is -0.141. The third-order valence-electron chi connectivity index (χ3n) is 4.21. The largest absolute Gasteiger partial charge is 0.484 e. The minimum Gasteiger partial charge on any atom is -0.484 e. The highest BCUT2D eigenvalue weighted by molar-refractivity contribution is 7.16. The van der Waals surface area contributed by atoms with E-state index in [1.54, 1.807) is 4.57 Å². The molecule has 0 radical (unpaired) electrons. The van der Waals surface area contributed by atoms with Gasteiger partial charge in [-0.25, -0.2) is 4.39 Å². The molecule has 146 valence electrons. The first-order chi connectivity index (χ1) is 13.4. The molecule has 1 amide bonds. The fraction of sp³-hybridized carbons (Fsp3) is 0.250. The van der Waals surface area contributed by atoms with Gasteiger partial charge in [0, 0.05) is 0 Å². The predicted octanol–water partition coefficient (Wildman–Crippen LogP) is 3.14. The average molecular weight is 402 g/mol. The van der Waals surface area contributed by atoms with Crippen LogP contribution in [0.2, 0.25) is 0 Å². The smallest absolute Gasteiger partial charge is 0.325 e. The zero-order valence-electron chi connectivity index (χ0n) is 15.7. The summed E-state index contributed by atoms with van der Waals surface area (Å²) >= 11 is 1.31. The first kappa shape index (κ1) is 19.8. The standard InChI is InChI=1S/C20H19FN2O4S/c1-12-8-16-17(9-13(12)2)28-20(23(16)10-19(25)26-3)22-18(24)11-27-15-6-4-14(21)5-7-15/h4-9H,10-11H2,1-3H3. The quantitative estimate of drug-likeness (QED) is 0.615. The van der Waals surface area contributed by atoms with Crippen molar-refractivity contribution in [2.45, 2.75) is 20.4 Å². The summed E-state index contributed by atoms with van der Waals surface area (Å²) in [6.45, 7) is 3.63. The number of carbonyl (C=O) groups excluding carboxylic acids is 2. The number of ether oxygens (including phenoxy) is 2. The van der Waals surface area contributed by atoms with E-state index < -0.39 is 11.9 Å². The third kappa shape index (κ3) is 4.45. The maximum Gasteiger partial charge on any atom is 0.325 e. The first-order valence-corrected chi connectivity index (χ1v) is 9.32. The number of thiazole rings is 1. The Morgan fingerprint density at radius 1 is 1.14 bits per heavy atom. The zero-order chi connectivity index (χ0) is 20.3. The van der Waals surface area contributed by atoms with Crippen LogP contribution in [0.4, 0.5) is 4.39 Å². The van der Waals surface area contributed by atoms with Crippen LogP contribution in [0.3, 0.4) is 0 Å². The number of aryl methyl sites for hydroxylation is 2. The fourth-order valence-electron chi connectivity index (χ4n) is 2.57. The Morgan fingerprint density at radius 3 is 2.50 bits per heavy atom. The van der Waals surface area contributed by atoms with E-state index in [1.165, 1.54) is 42.7 Å². The molecule has 0 aliphatic rings. The summed E-state index contributed by atoms with van der Waals surface area (Å²) in [7, 11) is 1.31. The number of carbonyl (C=O) groups is 2. The Hall–Kier alpha value is -3.00. The predicted molar refractivity (Wildman–Crippen MR) is 104 cm³/mol. The Bertz CT molecular complexity index is 1100. The topological polar surface area (TPSA) is 69.9 Å². The van der Waals surface area contributed by atoms with Crippen LogP contribution in [0.1, 0.15) is 11.1 Å². The molecule has 0 unspecified atom stereocenters. The zero-order valence-corrected chi connectivity index (χ0v) is 16.5. The van der Waals surface area contributed by atoms with Gasteiger partial charge in [0.15, 0.2) is 11.4 Å². The molecule has 0 N–H and O–H groups in total. The van der Waals surface area contributed by atoms with Crippen molar-refractivity contribution < 1.29 is 23.5 Å². The molecule has 0 atom stereocenters. The van der Waals surface area contributed by atoms with E-state index in [9.17, 15) is 14.0 Å². The van der Waals surface area contributed by atoms with Gasteiger partial charge < -0.3 is 14.0 Å². The second-order valence-electron chi connectivity index (χ2n) is 6.20. The third-order valence-corrected chi connectivity index (χ3v) is 5.25. The molecule has 3 aromatic rings. The van der Waals surface area contributed by atoms with Gasteiger partial charge in [-0.05, 0) is 61.4 Å². The molecule has 0 bridgehead atoms. The van der Waals surface area contributed by atoms with Crippen molar-refractivity contribution in [3.05, 3.63) is 58.1 Å². The van der Waals surface area contributed by atoms with E-state index >= 15 is 0 Å². The van der Waals surface area contributed by atoms with Crippen molar-refractivity contribution in [3.8, 4) is 5.75 Å². The molecule has 0 saturated carbocycles. The van der Waals surface area contributed by atoms with Crippen molar-refractivity contribution in [1.82, 2.24) is 4.57 Å². The van der Waals surface area contributed by atoms with Crippen molar-refractivity contribution in [1.29, 1.82) is 0 Å². The van der Waals surface area contributed by atoms with Crippen LogP contribution in [0.25, 0.3) is 10.2 Å². The van der Waals surface area contributed by atoms with E-state index in [-0.39, 0.29) is 19.0 Å². The van der Waals surface area contributed by atoms with E-state index in [4.69, 9.17) is 9.47 Å². The maximum absolute atomic E-state index is 12.9. The van der Waals surface area contributed by atoms with Crippen molar-refractivity contribution in [3.63, 3.8) is 0 Å². The molecule has 0 saturated heterocycles. The molecule has 8 heteroatoms. The minimum atomic E-state index is -0.511. The number of nitrogens with zero attached hydrogens (tertiary/aromatic N) is 2. The summed E-state index contributed by atoms with van der Waals surface area (Å²) in [5, 5.41) is 0. The van der Waals surface area contributed by atoms with Crippen LogP contribution in [0.15, 0.2) is 41.4 Å². The summed E-state index contributed by atoms with van der Waals surface area (Å²) in [6, 6.07) is 9.33. The number of esters is 1. The molecule has 1 aromatic heterocycles. The van der Waals surface area contributed by atoms with Crippen LogP contribution in [0, 0.1) is 19.7 Å². The van der Waals surface area contributed by atoms with E-state index in [2.05, 4.69) is 4.99 Å². The van der Waals surface area contributed by atoms with Crippen LogP contribution < -0.4 is 9.54 Å². The van der Waals surface area contributed by atoms with Gasteiger partial charge in [0.25, 0.3) is 5.91 Å². The van der Waals surface area contributed by atoms with Gasteiger partial charge in [0.05, 0.1) is 17.3 Å². The Balaban J connectivity index is 1.92. The van der Waals surface area contributed by atoms with E-state index in [1.807, 2.05) is 26.0 Å². The van der Waals surface area contributed by atoms with Crippen LogP contribution in [-0.4, -0.2) is 30.2 Å².